The maximum Gasteiger partial charge on any atom is 0.407 e. The maximum absolute atomic E-state index is 12.7. The summed E-state index contributed by atoms with van der Waals surface area (Å²) in [4.78, 5) is 24.6. The standard InChI is InChI=1S/C27H28N2O4/c1-27(2,3)33-26(31)29-24-17-23(24)18-12-14-20(15-13-18)28-25(30)19-8-7-11-22(16-19)32-21-9-5-4-6-10-21/h4-16,23-24H,17H2,1-3H3,(H,28,30)(H,29,31)/t23-,24+/m0/s1. The van der Waals surface area contributed by atoms with Gasteiger partial charge in [0.15, 0.2) is 0 Å². The molecule has 0 unspecified atom stereocenters. The van der Waals surface area contributed by atoms with Gasteiger partial charge in [0, 0.05) is 23.2 Å². The van der Waals surface area contributed by atoms with Crippen LogP contribution in [0.2, 0.25) is 0 Å². The van der Waals surface area contributed by atoms with Gasteiger partial charge in [0.25, 0.3) is 5.91 Å². The topological polar surface area (TPSA) is 76.7 Å². The van der Waals surface area contributed by atoms with Gasteiger partial charge in [0.05, 0.1) is 0 Å². The highest BCUT2D eigenvalue weighted by Crippen LogP contribution is 2.41. The van der Waals surface area contributed by atoms with Crippen LogP contribution in [0.4, 0.5) is 10.5 Å². The first-order chi connectivity index (χ1) is 15.8. The molecule has 0 aromatic heterocycles. The zero-order valence-corrected chi connectivity index (χ0v) is 19.0. The number of hydrogen-bond donors (Lipinski definition) is 2. The molecule has 6 heteroatoms. The van der Waals surface area contributed by atoms with Gasteiger partial charge in [-0.2, -0.15) is 0 Å². The minimum atomic E-state index is -0.512. The lowest BCUT2D eigenvalue weighted by Gasteiger charge is -2.19. The number of carbonyl (C=O) groups excluding carboxylic acids is 2. The summed E-state index contributed by atoms with van der Waals surface area (Å²) in [7, 11) is 0. The smallest absolute Gasteiger partial charge is 0.407 e. The van der Waals surface area contributed by atoms with Crippen LogP contribution in [0.1, 0.15) is 49.0 Å². The van der Waals surface area contributed by atoms with Crippen molar-refractivity contribution in [2.75, 3.05) is 5.32 Å². The van der Waals surface area contributed by atoms with E-state index in [1.165, 1.54) is 0 Å². The Morgan fingerprint density at radius 3 is 2.27 bits per heavy atom. The zero-order chi connectivity index (χ0) is 23.4. The molecule has 2 N–H and O–H groups in total. The maximum atomic E-state index is 12.7. The fraction of sp³-hybridized carbons (Fsp3) is 0.259. The van der Waals surface area contributed by atoms with Gasteiger partial charge in [0.1, 0.15) is 17.1 Å². The van der Waals surface area contributed by atoms with Gasteiger partial charge in [-0.25, -0.2) is 4.79 Å². The van der Waals surface area contributed by atoms with Crippen molar-refractivity contribution < 1.29 is 19.1 Å². The summed E-state index contributed by atoms with van der Waals surface area (Å²) in [6.45, 7) is 5.53. The Hall–Kier alpha value is -3.80. The van der Waals surface area contributed by atoms with Gasteiger partial charge < -0.3 is 20.1 Å². The van der Waals surface area contributed by atoms with E-state index in [1.807, 2.05) is 81.4 Å². The Bertz CT molecular complexity index is 1120. The van der Waals surface area contributed by atoms with Gasteiger partial charge in [-0.1, -0.05) is 36.4 Å². The van der Waals surface area contributed by atoms with Crippen LogP contribution in [0.15, 0.2) is 78.9 Å². The Morgan fingerprint density at radius 1 is 0.879 bits per heavy atom. The number of carbonyl (C=O) groups is 2. The Kier molecular flexibility index (Phi) is 6.36. The molecule has 1 aliphatic rings. The van der Waals surface area contributed by atoms with E-state index >= 15 is 0 Å². The third-order valence-electron chi connectivity index (χ3n) is 5.16. The molecule has 6 nitrogen and oxygen atoms in total. The first-order valence-electron chi connectivity index (χ1n) is 11.0. The van der Waals surface area contributed by atoms with E-state index < -0.39 is 11.7 Å². The third-order valence-corrected chi connectivity index (χ3v) is 5.16. The Morgan fingerprint density at radius 2 is 1.58 bits per heavy atom. The number of ether oxygens (including phenoxy) is 2. The molecule has 0 saturated heterocycles. The van der Waals surface area contributed by atoms with Crippen molar-refractivity contribution in [3.63, 3.8) is 0 Å². The Balaban J connectivity index is 1.32. The summed E-state index contributed by atoms with van der Waals surface area (Å²) in [6.07, 6.45) is 0.483. The summed E-state index contributed by atoms with van der Waals surface area (Å²) >= 11 is 0. The fourth-order valence-electron chi connectivity index (χ4n) is 3.52. The molecular formula is C27H28N2O4. The molecule has 4 rings (SSSR count). The van der Waals surface area contributed by atoms with E-state index in [4.69, 9.17) is 9.47 Å². The van der Waals surface area contributed by atoms with E-state index in [0.717, 1.165) is 12.0 Å². The molecule has 2 atom stereocenters. The SMILES string of the molecule is CC(C)(C)OC(=O)N[C@@H]1C[C@H]1c1ccc(NC(=O)c2cccc(Oc3ccccc3)c2)cc1. The Labute approximate surface area is 193 Å². The molecule has 1 aliphatic carbocycles. The normalized spacial score (nSPS) is 17.1. The molecule has 0 radical (unpaired) electrons. The minimum Gasteiger partial charge on any atom is -0.457 e. The lowest BCUT2D eigenvalue weighted by atomic mass is 10.1. The van der Waals surface area contributed by atoms with Gasteiger partial charge in [-0.3, -0.25) is 4.79 Å². The molecule has 170 valence electrons. The number of benzene rings is 3. The van der Waals surface area contributed by atoms with Crippen LogP contribution in [-0.2, 0) is 4.74 Å². The van der Waals surface area contributed by atoms with Crippen LogP contribution in [0.25, 0.3) is 0 Å². The molecule has 33 heavy (non-hydrogen) atoms. The first-order valence-corrected chi connectivity index (χ1v) is 11.0. The van der Waals surface area contributed by atoms with E-state index in [0.29, 0.717) is 22.7 Å². The van der Waals surface area contributed by atoms with Crippen LogP contribution >= 0.6 is 0 Å². The molecule has 0 heterocycles. The second-order valence-electron chi connectivity index (χ2n) is 9.11. The molecule has 0 bridgehead atoms. The molecule has 3 aromatic carbocycles. The highest BCUT2D eigenvalue weighted by atomic mass is 16.6. The number of alkyl carbamates (subject to hydrolysis) is 1. The molecular weight excluding hydrogens is 416 g/mol. The lowest BCUT2D eigenvalue weighted by molar-refractivity contribution is 0.0522. The number of amides is 2. The lowest BCUT2D eigenvalue weighted by Crippen LogP contribution is -2.34. The monoisotopic (exact) mass is 444 g/mol. The number of hydrogen-bond acceptors (Lipinski definition) is 4. The van der Waals surface area contributed by atoms with Crippen molar-refractivity contribution in [3.05, 3.63) is 90.0 Å². The summed E-state index contributed by atoms with van der Waals surface area (Å²) in [5, 5.41) is 5.83. The average Bonchev–Trinajstić information content (AvgIpc) is 3.52. The van der Waals surface area contributed by atoms with Crippen molar-refractivity contribution in [2.45, 2.75) is 44.8 Å². The second-order valence-corrected chi connectivity index (χ2v) is 9.11. The van der Waals surface area contributed by atoms with Crippen molar-refractivity contribution >= 4 is 17.7 Å². The predicted molar refractivity (Wildman–Crippen MR) is 128 cm³/mol. The van der Waals surface area contributed by atoms with Crippen LogP contribution in [0.5, 0.6) is 11.5 Å². The highest BCUT2D eigenvalue weighted by molar-refractivity contribution is 6.04. The van der Waals surface area contributed by atoms with Gasteiger partial charge in [-0.05, 0) is 75.2 Å². The van der Waals surface area contributed by atoms with E-state index in [2.05, 4.69) is 10.6 Å². The van der Waals surface area contributed by atoms with Gasteiger partial charge in [0.2, 0.25) is 0 Å². The first kappa shape index (κ1) is 22.4. The van der Waals surface area contributed by atoms with Crippen LogP contribution < -0.4 is 15.4 Å². The highest BCUT2D eigenvalue weighted by Gasteiger charge is 2.40. The number of para-hydroxylation sites is 1. The summed E-state index contributed by atoms with van der Waals surface area (Å²) in [5.41, 5.74) is 1.82. The van der Waals surface area contributed by atoms with Crippen molar-refractivity contribution in [3.8, 4) is 11.5 Å². The van der Waals surface area contributed by atoms with E-state index in [9.17, 15) is 9.59 Å². The van der Waals surface area contributed by atoms with Crippen LogP contribution in [0, 0.1) is 0 Å². The zero-order valence-electron chi connectivity index (χ0n) is 19.0. The van der Waals surface area contributed by atoms with Crippen molar-refractivity contribution in [2.24, 2.45) is 0 Å². The largest absolute Gasteiger partial charge is 0.457 e. The van der Waals surface area contributed by atoms with E-state index in [-0.39, 0.29) is 17.9 Å². The number of anilines is 1. The van der Waals surface area contributed by atoms with Crippen LogP contribution in [-0.4, -0.2) is 23.6 Å². The van der Waals surface area contributed by atoms with Gasteiger partial charge in [-0.15, -0.1) is 0 Å². The fourth-order valence-corrected chi connectivity index (χ4v) is 3.52. The second kappa shape index (κ2) is 9.36. The van der Waals surface area contributed by atoms with Gasteiger partial charge >= 0.3 is 6.09 Å². The molecule has 2 amide bonds. The molecule has 1 saturated carbocycles. The molecule has 3 aromatic rings. The number of rotatable bonds is 6. The minimum absolute atomic E-state index is 0.0765. The summed E-state index contributed by atoms with van der Waals surface area (Å²) in [6, 6.07) is 24.3. The molecule has 1 fully saturated rings. The predicted octanol–water partition coefficient (Wildman–Crippen LogP) is 6.11. The summed E-state index contributed by atoms with van der Waals surface area (Å²) < 4.78 is 11.1. The average molecular weight is 445 g/mol. The number of nitrogens with one attached hydrogen (secondary N) is 2. The van der Waals surface area contributed by atoms with Crippen molar-refractivity contribution in [1.29, 1.82) is 0 Å². The van der Waals surface area contributed by atoms with E-state index in [1.54, 1.807) is 18.2 Å². The molecule has 0 spiro atoms. The quantitative estimate of drug-likeness (QED) is 0.481. The summed E-state index contributed by atoms with van der Waals surface area (Å²) in [5.74, 6) is 1.36. The van der Waals surface area contributed by atoms with Crippen LogP contribution in [0.3, 0.4) is 0 Å². The van der Waals surface area contributed by atoms with Crippen molar-refractivity contribution in [1.82, 2.24) is 5.32 Å². The molecule has 0 aliphatic heterocycles. The third kappa shape index (κ3) is 6.35.